The van der Waals surface area contributed by atoms with Crippen molar-refractivity contribution >= 4 is 5.96 Å². The lowest BCUT2D eigenvalue weighted by molar-refractivity contribution is -0.154. The maximum Gasteiger partial charge on any atom is 0.422 e. The van der Waals surface area contributed by atoms with E-state index < -0.39 is 12.8 Å². The number of nitrogens with zero attached hydrogens (tertiary/aromatic N) is 3. The van der Waals surface area contributed by atoms with Crippen molar-refractivity contribution in [1.29, 1.82) is 0 Å². The Labute approximate surface area is 151 Å². The van der Waals surface area contributed by atoms with Crippen molar-refractivity contribution in [3.63, 3.8) is 0 Å². The standard InChI is InChI=1S/C17H26F3N5O/c1-3-25-8-4-5-14(25)11-24-16(21-2)23-10-13-6-7-15(22-9-13)26-12-17(18,19)20/h6-7,9,14H,3-5,8,10-12H2,1-2H3,(H2,21,23,24). The van der Waals surface area contributed by atoms with E-state index in [2.05, 4.69) is 37.2 Å². The third-order valence-corrected chi connectivity index (χ3v) is 4.28. The molecular formula is C17H26F3N5O. The lowest BCUT2D eigenvalue weighted by Crippen LogP contribution is -2.44. The maximum atomic E-state index is 12.1. The van der Waals surface area contributed by atoms with E-state index in [1.807, 2.05) is 0 Å². The third kappa shape index (κ3) is 6.70. The molecule has 1 aliphatic rings. The highest BCUT2D eigenvalue weighted by molar-refractivity contribution is 5.79. The van der Waals surface area contributed by atoms with Gasteiger partial charge in [-0.05, 0) is 31.5 Å². The Kier molecular flexibility index (Phi) is 7.50. The number of halogens is 3. The summed E-state index contributed by atoms with van der Waals surface area (Å²) in [7, 11) is 1.70. The molecule has 1 atom stereocenters. The third-order valence-electron chi connectivity index (χ3n) is 4.28. The zero-order valence-corrected chi connectivity index (χ0v) is 15.1. The Bertz CT molecular complexity index is 577. The average Bonchev–Trinajstić information content (AvgIpc) is 3.08. The van der Waals surface area contributed by atoms with Crippen molar-refractivity contribution in [2.24, 2.45) is 4.99 Å². The van der Waals surface area contributed by atoms with Crippen molar-refractivity contribution in [1.82, 2.24) is 20.5 Å². The second-order valence-electron chi connectivity index (χ2n) is 6.14. The molecule has 1 aliphatic heterocycles. The summed E-state index contributed by atoms with van der Waals surface area (Å²) in [5.41, 5.74) is 0.823. The summed E-state index contributed by atoms with van der Waals surface area (Å²) in [6.45, 7) is 4.31. The van der Waals surface area contributed by atoms with Gasteiger partial charge < -0.3 is 15.4 Å². The number of guanidine groups is 1. The van der Waals surface area contributed by atoms with Gasteiger partial charge in [0, 0.05) is 38.4 Å². The number of aliphatic imine (C=N–C) groups is 1. The lowest BCUT2D eigenvalue weighted by Gasteiger charge is -2.24. The summed E-state index contributed by atoms with van der Waals surface area (Å²) < 4.78 is 40.9. The normalized spacial score (nSPS) is 18.8. The number of aromatic nitrogens is 1. The molecule has 1 aromatic rings. The molecule has 0 radical (unpaired) electrons. The largest absolute Gasteiger partial charge is 0.468 e. The number of likely N-dealkylation sites (tertiary alicyclic amines) is 1. The van der Waals surface area contributed by atoms with Crippen molar-refractivity contribution in [3.8, 4) is 5.88 Å². The fourth-order valence-corrected chi connectivity index (χ4v) is 2.92. The van der Waals surface area contributed by atoms with Gasteiger partial charge in [-0.25, -0.2) is 4.98 Å². The Balaban J connectivity index is 1.75. The van der Waals surface area contributed by atoms with Gasteiger partial charge in [0.25, 0.3) is 0 Å². The molecule has 1 saturated heterocycles. The number of hydrogen-bond acceptors (Lipinski definition) is 4. The van der Waals surface area contributed by atoms with E-state index in [4.69, 9.17) is 0 Å². The van der Waals surface area contributed by atoms with E-state index >= 15 is 0 Å². The monoisotopic (exact) mass is 373 g/mol. The lowest BCUT2D eigenvalue weighted by atomic mass is 10.2. The number of ether oxygens (including phenoxy) is 1. The molecule has 0 aliphatic carbocycles. The molecule has 1 aromatic heterocycles. The SMILES string of the molecule is CCN1CCCC1CNC(=NC)NCc1ccc(OCC(F)(F)F)nc1. The van der Waals surface area contributed by atoms with Gasteiger partial charge in [0.2, 0.25) is 5.88 Å². The minimum absolute atomic E-state index is 0.0468. The molecule has 6 nitrogen and oxygen atoms in total. The van der Waals surface area contributed by atoms with Gasteiger partial charge in [-0.1, -0.05) is 13.0 Å². The van der Waals surface area contributed by atoms with Gasteiger partial charge in [0.05, 0.1) is 0 Å². The second kappa shape index (κ2) is 9.61. The first-order valence-electron chi connectivity index (χ1n) is 8.74. The first-order chi connectivity index (χ1) is 12.4. The predicted molar refractivity (Wildman–Crippen MR) is 94.3 cm³/mol. The van der Waals surface area contributed by atoms with Gasteiger partial charge in [0.15, 0.2) is 12.6 Å². The van der Waals surface area contributed by atoms with Crippen LogP contribution in [-0.4, -0.2) is 61.4 Å². The van der Waals surface area contributed by atoms with Gasteiger partial charge >= 0.3 is 6.18 Å². The molecule has 26 heavy (non-hydrogen) atoms. The van der Waals surface area contributed by atoms with Crippen LogP contribution in [0.1, 0.15) is 25.3 Å². The summed E-state index contributed by atoms with van der Waals surface area (Å²) in [6, 6.07) is 3.62. The number of alkyl halides is 3. The van der Waals surface area contributed by atoms with E-state index in [9.17, 15) is 13.2 Å². The van der Waals surface area contributed by atoms with E-state index in [0.717, 1.165) is 25.2 Å². The Morgan fingerprint density at radius 3 is 2.81 bits per heavy atom. The molecule has 0 saturated carbocycles. The highest BCUT2D eigenvalue weighted by atomic mass is 19.4. The molecule has 0 amide bonds. The molecule has 2 rings (SSSR count). The summed E-state index contributed by atoms with van der Waals surface area (Å²) in [6.07, 6.45) is -0.476. The molecule has 0 bridgehead atoms. The van der Waals surface area contributed by atoms with Crippen LogP contribution < -0.4 is 15.4 Å². The van der Waals surface area contributed by atoms with Crippen LogP contribution in [0.2, 0.25) is 0 Å². The fourth-order valence-electron chi connectivity index (χ4n) is 2.92. The number of rotatable bonds is 7. The topological polar surface area (TPSA) is 61.8 Å². The van der Waals surface area contributed by atoms with E-state index in [1.165, 1.54) is 25.1 Å². The maximum absolute atomic E-state index is 12.1. The Morgan fingerprint density at radius 2 is 2.19 bits per heavy atom. The smallest absolute Gasteiger partial charge is 0.422 e. The highest BCUT2D eigenvalue weighted by Crippen LogP contribution is 2.17. The molecule has 9 heteroatoms. The van der Waals surface area contributed by atoms with Crippen LogP contribution in [0.4, 0.5) is 13.2 Å². The Morgan fingerprint density at radius 1 is 1.38 bits per heavy atom. The zero-order valence-electron chi connectivity index (χ0n) is 15.1. The van der Waals surface area contributed by atoms with Crippen molar-refractivity contribution in [3.05, 3.63) is 23.9 Å². The van der Waals surface area contributed by atoms with Crippen molar-refractivity contribution < 1.29 is 17.9 Å². The zero-order chi connectivity index (χ0) is 19.0. The quantitative estimate of drug-likeness (QED) is 0.567. The molecular weight excluding hydrogens is 347 g/mol. The highest BCUT2D eigenvalue weighted by Gasteiger charge is 2.28. The van der Waals surface area contributed by atoms with Crippen LogP contribution >= 0.6 is 0 Å². The predicted octanol–water partition coefficient (Wildman–Crippen LogP) is 2.17. The second-order valence-corrected chi connectivity index (χ2v) is 6.14. The van der Waals surface area contributed by atoms with Gasteiger partial charge in [-0.3, -0.25) is 9.89 Å². The van der Waals surface area contributed by atoms with Crippen LogP contribution in [-0.2, 0) is 6.54 Å². The summed E-state index contributed by atoms with van der Waals surface area (Å²) in [5, 5.41) is 6.50. The van der Waals surface area contributed by atoms with Gasteiger partial charge in [0.1, 0.15) is 0 Å². The molecule has 0 aromatic carbocycles. The van der Waals surface area contributed by atoms with Gasteiger partial charge in [-0.2, -0.15) is 13.2 Å². The fraction of sp³-hybridized carbons (Fsp3) is 0.647. The summed E-state index contributed by atoms with van der Waals surface area (Å²) >= 11 is 0. The molecule has 1 unspecified atom stereocenters. The molecule has 2 N–H and O–H groups in total. The van der Waals surface area contributed by atoms with E-state index in [0.29, 0.717) is 18.5 Å². The molecule has 0 spiro atoms. The van der Waals surface area contributed by atoms with Crippen LogP contribution in [0, 0.1) is 0 Å². The van der Waals surface area contributed by atoms with Crippen molar-refractivity contribution in [2.75, 3.05) is 33.3 Å². The summed E-state index contributed by atoms with van der Waals surface area (Å²) in [5.74, 6) is 0.639. The van der Waals surface area contributed by atoms with E-state index in [-0.39, 0.29) is 5.88 Å². The number of hydrogen-bond donors (Lipinski definition) is 2. The minimum Gasteiger partial charge on any atom is -0.468 e. The first kappa shape index (κ1) is 20.3. The molecule has 1 fully saturated rings. The minimum atomic E-state index is -4.37. The van der Waals surface area contributed by atoms with Crippen molar-refractivity contribution in [2.45, 2.75) is 38.5 Å². The average molecular weight is 373 g/mol. The van der Waals surface area contributed by atoms with Crippen LogP contribution in [0.25, 0.3) is 0 Å². The Hall–Kier alpha value is -2.03. The molecule has 146 valence electrons. The molecule has 2 heterocycles. The number of pyridine rings is 1. The first-order valence-corrected chi connectivity index (χ1v) is 8.74. The van der Waals surface area contributed by atoms with Crippen LogP contribution in [0.15, 0.2) is 23.3 Å². The van der Waals surface area contributed by atoms with Gasteiger partial charge in [-0.15, -0.1) is 0 Å². The summed E-state index contributed by atoms with van der Waals surface area (Å²) in [4.78, 5) is 10.5. The number of nitrogens with one attached hydrogen (secondary N) is 2. The van der Waals surface area contributed by atoms with E-state index in [1.54, 1.807) is 13.1 Å². The number of likely N-dealkylation sites (N-methyl/N-ethyl adjacent to an activating group) is 1. The van der Waals surface area contributed by atoms with Crippen LogP contribution in [0.3, 0.4) is 0 Å². The van der Waals surface area contributed by atoms with Crippen LogP contribution in [0.5, 0.6) is 5.88 Å².